The summed E-state index contributed by atoms with van der Waals surface area (Å²) in [7, 11) is 1.77. The fraction of sp³-hybridized carbons (Fsp3) is 0.188. The summed E-state index contributed by atoms with van der Waals surface area (Å²) in [6.45, 7) is 1.86. The third-order valence-corrected chi connectivity index (χ3v) is 4.95. The Morgan fingerprint density at radius 3 is 2.58 bits per heavy atom. The Hall–Kier alpha value is -2.39. The van der Waals surface area contributed by atoms with Gasteiger partial charge in [-0.2, -0.15) is 13.2 Å². The van der Waals surface area contributed by atoms with E-state index in [2.05, 4.69) is 25.6 Å². The molecule has 0 radical (unpaired) electrons. The number of thiazole rings is 1. The second-order valence-corrected chi connectivity index (χ2v) is 6.67. The van der Waals surface area contributed by atoms with Gasteiger partial charge in [0.25, 0.3) is 0 Å². The van der Waals surface area contributed by atoms with E-state index in [1.165, 1.54) is 29.7 Å². The van der Waals surface area contributed by atoms with Gasteiger partial charge in [0.05, 0.1) is 26.9 Å². The van der Waals surface area contributed by atoms with Crippen LogP contribution in [0.3, 0.4) is 0 Å². The minimum absolute atomic E-state index is 0.178. The zero-order valence-corrected chi connectivity index (χ0v) is 15.2. The number of anilines is 3. The van der Waals surface area contributed by atoms with Crippen LogP contribution in [0.4, 0.5) is 29.9 Å². The summed E-state index contributed by atoms with van der Waals surface area (Å²) in [4.78, 5) is 13.6. The molecule has 0 aliphatic rings. The zero-order chi connectivity index (χ0) is 18.9. The Balaban J connectivity index is 1.91. The lowest BCUT2D eigenvalue weighted by Gasteiger charge is -2.12. The van der Waals surface area contributed by atoms with E-state index in [0.717, 1.165) is 21.8 Å². The summed E-state index contributed by atoms with van der Waals surface area (Å²) in [6.07, 6.45) is -3.01. The first-order chi connectivity index (χ1) is 12.3. The molecule has 0 aliphatic heterocycles. The molecule has 2 heterocycles. The molecule has 0 fully saturated rings. The number of aromatic nitrogens is 3. The van der Waals surface area contributed by atoms with E-state index < -0.39 is 11.7 Å². The highest BCUT2D eigenvalue weighted by molar-refractivity contribution is 7.19. The van der Waals surface area contributed by atoms with E-state index in [1.54, 1.807) is 13.1 Å². The van der Waals surface area contributed by atoms with E-state index in [4.69, 9.17) is 11.6 Å². The van der Waals surface area contributed by atoms with Crippen LogP contribution in [-0.4, -0.2) is 22.0 Å². The van der Waals surface area contributed by atoms with Crippen molar-refractivity contribution in [2.75, 3.05) is 17.7 Å². The number of hydrogen-bond acceptors (Lipinski definition) is 6. The Bertz CT molecular complexity index is 942. The quantitative estimate of drug-likeness (QED) is 0.617. The molecular weight excluding hydrogens is 387 g/mol. The Morgan fingerprint density at radius 2 is 1.92 bits per heavy atom. The number of aryl methyl sites for hydroxylation is 1. The number of nitrogens with zero attached hydrogens (tertiary/aromatic N) is 3. The van der Waals surface area contributed by atoms with Gasteiger partial charge in [-0.25, -0.2) is 15.0 Å². The molecule has 0 spiro atoms. The van der Waals surface area contributed by atoms with Gasteiger partial charge < -0.3 is 10.6 Å². The van der Waals surface area contributed by atoms with Crippen molar-refractivity contribution in [2.45, 2.75) is 13.1 Å². The van der Waals surface area contributed by atoms with Crippen molar-refractivity contribution >= 4 is 39.7 Å². The van der Waals surface area contributed by atoms with Crippen molar-refractivity contribution in [3.05, 3.63) is 46.7 Å². The van der Waals surface area contributed by atoms with Gasteiger partial charge in [0.15, 0.2) is 5.13 Å². The molecule has 0 unspecified atom stereocenters. The van der Waals surface area contributed by atoms with Crippen LogP contribution >= 0.6 is 22.9 Å². The van der Waals surface area contributed by atoms with Gasteiger partial charge in [0.2, 0.25) is 5.95 Å². The van der Waals surface area contributed by atoms with E-state index in [0.29, 0.717) is 5.69 Å². The molecule has 10 heteroatoms. The summed E-state index contributed by atoms with van der Waals surface area (Å²) >= 11 is 7.06. The average molecular weight is 400 g/mol. The Morgan fingerprint density at radius 1 is 1.15 bits per heavy atom. The number of halogens is 4. The molecule has 136 valence electrons. The topological polar surface area (TPSA) is 62.7 Å². The van der Waals surface area contributed by atoms with Crippen LogP contribution in [0.5, 0.6) is 0 Å². The number of alkyl halides is 3. The lowest BCUT2D eigenvalue weighted by molar-refractivity contribution is -0.137. The first-order valence-corrected chi connectivity index (χ1v) is 8.59. The molecule has 3 rings (SSSR count). The van der Waals surface area contributed by atoms with Crippen LogP contribution in [0.2, 0.25) is 5.02 Å². The van der Waals surface area contributed by atoms with Crippen LogP contribution in [0.15, 0.2) is 30.5 Å². The lowest BCUT2D eigenvalue weighted by Crippen LogP contribution is -2.07. The first kappa shape index (κ1) is 18.4. The summed E-state index contributed by atoms with van der Waals surface area (Å²) in [5, 5.41) is 6.13. The normalized spacial score (nSPS) is 11.5. The van der Waals surface area contributed by atoms with Crippen molar-refractivity contribution < 1.29 is 13.2 Å². The third kappa shape index (κ3) is 3.88. The summed E-state index contributed by atoms with van der Waals surface area (Å²) in [5.74, 6) is 0.178. The van der Waals surface area contributed by atoms with E-state index in [9.17, 15) is 13.2 Å². The molecule has 2 aromatic heterocycles. The highest BCUT2D eigenvalue weighted by Gasteiger charge is 2.33. The van der Waals surface area contributed by atoms with Crippen LogP contribution in [0, 0.1) is 6.92 Å². The maximum absolute atomic E-state index is 13.0. The molecule has 1 aromatic carbocycles. The van der Waals surface area contributed by atoms with Crippen LogP contribution in [-0.2, 0) is 6.18 Å². The van der Waals surface area contributed by atoms with Crippen molar-refractivity contribution in [3.8, 4) is 10.6 Å². The van der Waals surface area contributed by atoms with Gasteiger partial charge in [-0.05, 0) is 31.2 Å². The fourth-order valence-corrected chi connectivity index (χ4v) is 3.35. The molecule has 0 amide bonds. The van der Waals surface area contributed by atoms with Crippen molar-refractivity contribution in [2.24, 2.45) is 0 Å². The smallest absolute Gasteiger partial charge is 0.365 e. The largest absolute Gasteiger partial charge is 0.417 e. The van der Waals surface area contributed by atoms with Gasteiger partial charge >= 0.3 is 6.18 Å². The SMILES string of the molecule is CNc1nc(C)c(-c2ccnc(Nc3ccc(Cl)c(C(F)(F)F)c3)n2)s1. The Kier molecular flexibility index (Phi) is 5.01. The highest BCUT2D eigenvalue weighted by Crippen LogP contribution is 2.37. The predicted molar refractivity (Wildman–Crippen MR) is 97.2 cm³/mol. The van der Waals surface area contributed by atoms with Crippen molar-refractivity contribution in [3.63, 3.8) is 0 Å². The number of rotatable bonds is 4. The van der Waals surface area contributed by atoms with Gasteiger partial charge in [-0.15, -0.1) is 0 Å². The molecule has 3 aromatic rings. The van der Waals surface area contributed by atoms with Gasteiger partial charge in [-0.3, -0.25) is 0 Å². The highest BCUT2D eigenvalue weighted by atomic mass is 35.5. The number of hydrogen-bond donors (Lipinski definition) is 2. The fourth-order valence-electron chi connectivity index (χ4n) is 2.24. The molecule has 5 nitrogen and oxygen atoms in total. The maximum Gasteiger partial charge on any atom is 0.417 e. The average Bonchev–Trinajstić information content (AvgIpc) is 2.97. The molecule has 0 bridgehead atoms. The van der Waals surface area contributed by atoms with Crippen LogP contribution in [0.25, 0.3) is 10.6 Å². The Labute approximate surface area is 156 Å². The first-order valence-electron chi connectivity index (χ1n) is 7.40. The van der Waals surface area contributed by atoms with Crippen molar-refractivity contribution in [1.82, 2.24) is 15.0 Å². The van der Waals surface area contributed by atoms with E-state index in [-0.39, 0.29) is 16.7 Å². The molecular formula is C16H13ClF3N5S. The second-order valence-electron chi connectivity index (χ2n) is 5.27. The van der Waals surface area contributed by atoms with Crippen LogP contribution in [0.1, 0.15) is 11.3 Å². The van der Waals surface area contributed by atoms with Gasteiger partial charge in [0.1, 0.15) is 0 Å². The molecule has 0 atom stereocenters. The zero-order valence-electron chi connectivity index (χ0n) is 13.6. The van der Waals surface area contributed by atoms with Gasteiger partial charge in [-0.1, -0.05) is 22.9 Å². The summed E-state index contributed by atoms with van der Waals surface area (Å²) in [6, 6.07) is 5.26. The standard InChI is InChI=1S/C16H13ClF3N5S/c1-8-13(26-15(21-2)23-8)12-5-6-22-14(25-12)24-9-3-4-11(17)10(7-9)16(18,19)20/h3-7H,1-2H3,(H,21,23)(H,22,24,25). The molecule has 0 saturated carbocycles. The maximum atomic E-state index is 13.0. The number of nitrogens with one attached hydrogen (secondary N) is 2. The minimum atomic E-state index is -4.54. The van der Waals surface area contributed by atoms with Crippen LogP contribution < -0.4 is 10.6 Å². The number of benzene rings is 1. The molecule has 0 aliphatic carbocycles. The summed E-state index contributed by atoms with van der Waals surface area (Å²) in [5.41, 5.74) is 0.701. The monoisotopic (exact) mass is 399 g/mol. The molecule has 0 saturated heterocycles. The second kappa shape index (κ2) is 7.08. The van der Waals surface area contributed by atoms with Crippen molar-refractivity contribution in [1.29, 1.82) is 0 Å². The third-order valence-electron chi connectivity index (χ3n) is 3.43. The lowest BCUT2D eigenvalue weighted by atomic mass is 10.2. The predicted octanol–water partition coefficient (Wildman–Crippen LogP) is 5.37. The minimum Gasteiger partial charge on any atom is -0.365 e. The molecule has 26 heavy (non-hydrogen) atoms. The molecule has 2 N–H and O–H groups in total. The summed E-state index contributed by atoms with van der Waals surface area (Å²) < 4.78 is 38.9. The van der Waals surface area contributed by atoms with E-state index in [1.807, 2.05) is 6.92 Å². The van der Waals surface area contributed by atoms with Gasteiger partial charge in [0, 0.05) is 18.9 Å². The van der Waals surface area contributed by atoms with E-state index >= 15 is 0 Å².